The Bertz CT molecular complexity index is 309. The molecule has 0 aromatic rings. The summed E-state index contributed by atoms with van der Waals surface area (Å²) in [4.78, 5) is 36.1. The van der Waals surface area contributed by atoms with Crippen molar-refractivity contribution in [2.45, 2.75) is 39.5 Å². The van der Waals surface area contributed by atoms with E-state index in [0.29, 0.717) is 13.1 Å². The second-order valence-electron chi connectivity index (χ2n) is 4.62. The van der Waals surface area contributed by atoms with Gasteiger partial charge in [-0.05, 0) is 12.8 Å². The van der Waals surface area contributed by atoms with Crippen molar-refractivity contribution in [2.75, 3.05) is 26.2 Å². The standard InChI is InChI=1S/C13H24N2O5/c1-3-5-7-14(8-6-4-2)13(20)15(9-11(16)17)10-12(18)19/h3-10H2,1-2H3,(H,16,17)(H,18,19). The van der Waals surface area contributed by atoms with Crippen LogP contribution in [0.5, 0.6) is 0 Å². The molecule has 0 aromatic heterocycles. The zero-order chi connectivity index (χ0) is 15.5. The Hall–Kier alpha value is -1.79. The molecule has 20 heavy (non-hydrogen) atoms. The molecular weight excluding hydrogens is 264 g/mol. The summed E-state index contributed by atoms with van der Waals surface area (Å²) in [5.74, 6) is -2.43. The number of nitrogens with zero attached hydrogens (tertiary/aromatic N) is 2. The van der Waals surface area contributed by atoms with Crippen molar-refractivity contribution in [1.82, 2.24) is 9.80 Å². The molecule has 0 aliphatic heterocycles. The van der Waals surface area contributed by atoms with Gasteiger partial charge in [0.25, 0.3) is 0 Å². The number of carbonyl (C=O) groups excluding carboxylic acids is 1. The second kappa shape index (κ2) is 10.1. The van der Waals surface area contributed by atoms with Gasteiger partial charge in [0.05, 0.1) is 0 Å². The van der Waals surface area contributed by atoms with Crippen molar-refractivity contribution in [3.05, 3.63) is 0 Å². The maximum Gasteiger partial charge on any atom is 0.323 e. The van der Waals surface area contributed by atoms with Crippen LogP contribution in [0.3, 0.4) is 0 Å². The van der Waals surface area contributed by atoms with Crippen molar-refractivity contribution in [3.8, 4) is 0 Å². The first kappa shape index (κ1) is 18.2. The minimum Gasteiger partial charge on any atom is -0.480 e. The van der Waals surface area contributed by atoms with Crippen molar-refractivity contribution in [1.29, 1.82) is 0 Å². The molecule has 0 unspecified atom stereocenters. The summed E-state index contributed by atoms with van der Waals surface area (Å²) in [5.41, 5.74) is 0. The summed E-state index contributed by atoms with van der Waals surface area (Å²) in [6.45, 7) is 3.83. The monoisotopic (exact) mass is 288 g/mol. The average Bonchev–Trinajstić information content (AvgIpc) is 2.36. The lowest BCUT2D eigenvalue weighted by molar-refractivity contribution is -0.140. The van der Waals surface area contributed by atoms with Gasteiger partial charge >= 0.3 is 18.0 Å². The summed E-state index contributed by atoms with van der Waals surface area (Å²) >= 11 is 0. The number of urea groups is 1. The molecule has 0 saturated heterocycles. The number of hydrogen-bond donors (Lipinski definition) is 2. The summed E-state index contributed by atoms with van der Waals surface area (Å²) in [6.07, 6.45) is 3.44. The fourth-order valence-corrected chi connectivity index (χ4v) is 1.72. The molecule has 7 heteroatoms. The predicted molar refractivity (Wildman–Crippen MR) is 73.6 cm³/mol. The first-order valence-electron chi connectivity index (χ1n) is 6.89. The van der Waals surface area contributed by atoms with Crippen LogP contribution in [0.2, 0.25) is 0 Å². The summed E-state index contributed by atoms with van der Waals surface area (Å²) in [5, 5.41) is 17.5. The van der Waals surface area contributed by atoms with Crippen LogP contribution in [0, 0.1) is 0 Å². The lowest BCUT2D eigenvalue weighted by Crippen LogP contribution is -2.48. The SMILES string of the molecule is CCCCN(CCCC)C(=O)N(CC(=O)O)CC(=O)O. The third-order valence-corrected chi connectivity index (χ3v) is 2.76. The van der Waals surface area contributed by atoms with Crippen LogP contribution in [0.15, 0.2) is 0 Å². The molecule has 0 heterocycles. The van der Waals surface area contributed by atoms with Gasteiger partial charge in [-0.25, -0.2) is 4.79 Å². The number of unbranched alkanes of at least 4 members (excludes halogenated alkanes) is 2. The maximum atomic E-state index is 12.3. The molecule has 0 aliphatic rings. The Balaban J connectivity index is 4.80. The number of aliphatic carboxylic acids is 2. The highest BCUT2D eigenvalue weighted by molar-refractivity contribution is 5.84. The molecule has 0 saturated carbocycles. The van der Waals surface area contributed by atoms with Gasteiger partial charge in [-0.1, -0.05) is 26.7 Å². The van der Waals surface area contributed by atoms with E-state index in [2.05, 4.69) is 0 Å². The van der Waals surface area contributed by atoms with E-state index in [1.807, 2.05) is 13.8 Å². The fraction of sp³-hybridized carbons (Fsp3) is 0.769. The van der Waals surface area contributed by atoms with Crippen molar-refractivity contribution >= 4 is 18.0 Å². The molecule has 116 valence electrons. The van der Waals surface area contributed by atoms with E-state index in [4.69, 9.17) is 10.2 Å². The lowest BCUT2D eigenvalue weighted by atomic mass is 10.2. The van der Waals surface area contributed by atoms with Crippen LogP contribution in [-0.2, 0) is 9.59 Å². The summed E-state index contributed by atoms with van der Waals surface area (Å²) in [7, 11) is 0. The fourth-order valence-electron chi connectivity index (χ4n) is 1.72. The van der Waals surface area contributed by atoms with Gasteiger partial charge in [0.1, 0.15) is 13.1 Å². The van der Waals surface area contributed by atoms with Crippen LogP contribution in [-0.4, -0.2) is 64.2 Å². The van der Waals surface area contributed by atoms with E-state index in [-0.39, 0.29) is 0 Å². The zero-order valence-corrected chi connectivity index (χ0v) is 12.2. The topological polar surface area (TPSA) is 98.2 Å². The predicted octanol–water partition coefficient (Wildman–Crippen LogP) is 1.48. The first-order valence-corrected chi connectivity index (χ1v) is 6.89. The van der Waals surface area contributed by atoms with Crippen LogP contribution in [0.4, 0.5) is 4.79 Å². The Morgan fingerprint density at radius 2 is 1.20 bits per heavy atom. The average molecular weight is 288 g/mol. The molecule has 0 radical (unpaired) electrons. The molecule has 0 fully saturated rings. The van der Waals surface area contributed by atoms with Crippen LogP contribution in [0.1, 0.15) is 39.5 Å². The van der Waals surface area contributed by atoms with Gasteiger partial charge in [0, 0.05) is 13.1 Å². The number of amides is 2. The Morgan fingerprint density at radius 3 is 1.50 bits per heavy atom. The molecule has 2 amide bonds. The molecule has 0 aromatic carbocycles. The van der Waals surface area contributed by atoms with E-state index in [0.717, 1.165) is 30.6 Å². The molecule has 0 spiro atoms. The van der Waals surface area contributed by atoms with E-state index in [1.54, 1.807) is 4.90 Å². The third-order valence-electron chi connectivity index (χ3n) is 2.76. The smallest absolute Gasteiger partial charge is 0.323 e. The molecule has 2 N–H and O–H groups in total. The lowest BCUT2D eigenvalue weighted by Gasteiger charge is -2.28. The minimum atomic E-state index is -1.22. The number of carbonyl (C=O) groups is 3. The first-order chi connectivity index (χ1) is 9.42. The second-order valence-corrected chi connectivity index (χ2v) is 4.62. The van der Waals surface area contributed by atoms with Crippen LogP contribution >= 0.6 is 0 Å². The van der Waals surface area contributed by atoms with Gasteiger partial charge in [-0.3, -0.25) is 9.59 Å². The highest BCUT2D eigenvalue weighted by atomic mass is 16.4. The highest BCUT2D eigenvalue weighted by Crippen LogP contribution is 2.05. The summed E-state index contributed by atoms with van der Waals surface area (Å²) < 4.78 is 0. The molecule has 0 rings (SSSR count). The molecular formula is C13H24N2O5. The third kappa shape index (κ3) is 7.60. The van der Waals surface area contributed by atoms with E-state index >= 15 is 0 Å². The van der Waals surface area contributed by atoms with E-state index in [9.17, 15) is 14.4 Å². The van der Waals surface area contributed by atoms with Crippen molar-refractivity contribution < 1.29 is 24.6 Å². The molecule has 0 aliphatic carbocycles. The quantitative estimate of drug-likeness (QED) is 0.634. The van der Waals surface area contributed by atoms with Crippen LogP contribution < -0.4 is 0 Å². The van der Waals surface area contributed by atoms with Crippen molar-refractivity contribution in [3.63, 3.8) is 0 Å². The van der Waals surface area contributed by atoms with Crippen LogP contribution in [0.25, 0.3) is 0 Å². The maximum absolute atomic E-state index is 12.3. The van der Waals surface area contributed by atoms with Gasteiger partial charge in [-0.15, -0.1) is 0 Å². The largest absolute Gasteiger partial charge is 0.480 e. The Labute approximate surface area is 119 Å². The number of hydrogen-bond acceptors (Lipinski definition) is 3. The number of rotatable bonds is 10. The molecule has 7 nitrogen and oxygen atoms in total. The van der Waals surface area contributed by atoms with E-state index in [1.165, 1.54) is 0 Å². The minimum absolute atomic E-state index is 0.517. The highest BCUT2D eigenvalue weighted by Gasteiger charge is 2.24. The van der Waals surface area contributed by atoms with Gasteiger partial charge in [0.2, 0.25) is 0 Å². The van der Waals surface area contributed by atoms with Gasteiger partial charge in [0.15, 0.2) is 0 Å². The van der Waals surface area contributed by atoms with E-state index < -0.39 is 31.1 Å². The Morgan fingerprint density at radius 1 is 0.800 bits per heavy atom. The molecule has 0 atom stereocenters. The number of carboxylic acids is 2. The normalized spacial score (nSPS) is 10.1. The van der Waals surface area contributed by atoms with Crippen molar-refractivity contribution in [2.24, 2.45) is 0 Å². The van der Waals surface area contributed by atoms with Gasteiger partial charge < -0.3 is 20.0 Å². The molecule has 0 bridgehead atoms. The summed E-state index contributed by atoms with van der Waals surface area (Å²) in [6, 6.07) is -0.517. The Kier molecular flexibility index (Phi) is 9.15. The number of carboxylic acid groups (broad SMARTS) is 2. The zero-order valence-electron chi connectivity index (χ0n) is 12.2. The van der Waals surface area contributed by atoms with Gasteiger partial charge in [-0.2, -0.15) is 0 Å².